The molecule has 0 bridgehead atoms. The van der Waals surface area contributed by atoms with E-state index in [0.29, 0.717) is 30.5 Å². The van der Waals surface area contributed by atoms with Crippen LogP contribution in [0.4, 0.5) is 13.2 Å². The van der Waals surface area contributed by atoms with Gasteiger partial charge in [0.15, 0.2) is 11.5 Å². The van der Waals surface area contributed by atoms with Crippen LogP contribution in [0.2, 0.25) is 0 Å². The molecule has 12 heteroatoms. The molecule has 1 saturated carbocycles. The average molecular weight is 532 g/mol. The van der Waals surface area contributed by atoms with Crippen molar-refractivity contribution in [1.82, 2.24) is 20.2 Å². The lowest BCUT2D eigenvalue weighted by Gasteiger charge is -2.20. The van der Waals surface area contributed by atoms with E-state index >= 15 is 0 Å². The lowest BCUT2D eigenvalue weighted by molar-refractivity contribution is -0.141. The molecule has 1 saturated heterocycles. The number of rotatable bonds is 6. The van der Waals surface area contributed by atoms with Crippen molar-refractivity contribution in [1.29, 1.82) is 0 Å². The highest BCUT2D eigenvalue weighted by atomic mass is 19.4. The van der Waals surface area contributed by atoms with Crippen LogP contribution in [0.1, 0.15) is 61.1 Å². The Morgan fingerprint density at radius 3 is 2.61 bits per heavy atom. The number of ether oxygens (including phenoxy) is 1. The highest BCUT2D eigenvalue weighted by molar-refractivity contribution is 5.98. The minimum Gasteiger partial charge on any atom is -0.494 e. The van der Waals surface area contributed by atoms with Crippen LogP contribution in [0, 0.1) is 5.41 Å². The van der Waals surface area contributed by atoms with E-state index < -0.39 is 23.8 Å². The van der Waals surface area contributed by atoms with Gasteiger partial charge in [0.05, 0.1) is 13.2 Å². The van der Waals surface area contributed by atoms with E-state index in [1.165, 1.54) is 19.2 Å². The third-order valence-corrected chi connectivity index (χ3v) is 7.17. The molecular formula is C26H28F3N5O4. The van der Waals surface area contributed by atoms with Crippen molar-refractivity contribution >= 4 is 22.7 Å². The molecule has 1 aliphatic carbocycles. The number of pyridine rings is 1. The molecule has 9 nitrogen and oxygen atoms in total. The van der Waals surface area contributed by atoms with E-state index in [2.05, 4.69) is 15.3 Å². The number of oxazole rings is 1. The van der Waals surface area contributed by atoms with Gasteiger partial charge in [0.2, 0.25) is 11.8 Å². The number of amides is 2. The summed E-state index contributed by atoms with van der Waals surface area (Å²) in [7, 11) is 1.33. The maximum absolute atomic E-state index is 13.3. The molecule has 0 unspecified atom stereocenters. The number of benzene rings is 1. The molecule has 0 spiro atoms. The summed E-state index contributed by atoms with van der Waals surface area (Å²) >= 11 is 0. The number of nitrogens with two attached hydrogens (primary N) is 1. The van der Waals surface area contributed by atoms with Crippen LogP contribution < -0.4 is 15.8 Å². The lowest BCUT2D eigenvalue weighted by Crippen LogP contribution is -2.40. The fraction of sp³-hybridized carbons (Fsp3) is 0.462. The van der Waals surface area contributed by atoms with Crippen LogP contribution in [-0.2, 0) is 11.0 Å². The van der Waals surface area contributed by atoms with Crippen LogP contribution in [-0.4, -0.2) is 52.9 Å². The number of methoxy groups -OCH3 is 1. The van der Waals surface area contributed by atoms with Gasteiger partial charge in [-0.2, -0.15) is 13.2 Å². The number of halogens is 3. The highest BCUT2D eigenvalue weighted by Crippen LogP contribution is 2.47. The minimum absolute atomic E-state index is 0.0153. The van der Waals surface area contributed by atoms with Gasteiger partial charge in [-0.1, -0.05) is 6.92 Å². The third-order valence-electron chi connectivity index (χ3n) is 7.17. The topological polar surface area (TPSA) is 124 Å². The predicted molar refractivity (Wildman–Crippen MR) is 131 cm³/mol. The van der Waals surface area contributed by atoms with Crippen LogP contribution in [0.25, 0.3) is 22.4 Å². The number of alkyl halides is 3. The van der Waals surface area contributed by atoms with Gasteiger partial charge in [0.1, 0.15) is 17.0 Å². The van der Waals surface area contributed by atoms with E-state index in [-0.39, 0.29) is 46.0 Å². The van der Waals surface area contributed by atoms with Crippen molar-refractivity contribution in [2.75, 3.05) is 20.2 Å². The van der Waals surface area contributed by atoms with Gasteiger partial charge in [0.25, 0.3) is 5.91 Å². The number of hydrogen-bond acceptors (Lipinski definition) is 7. The van der Waals surface area contributed by atoms with Crippen LogP contribution in [0.5, 0.6) is 5.75 Å². The average Bonchev–Trinajstić information content (AvgIpc) is 3.27. The van der Waals surface area contributed by atoms with Gasteiger partial charge in [-0.05, 0) is 50.5 Å². The van der Waals surface area contributed by atoms with Gasteiger partial charge in [-0.25, -0.2) is 9.97 Å². The number of hydrogen-bond donors (Lipinski definition) is 2. The number of fused-ring (bicyclic) bond motifs is 1. The highest BCUT2D eigenvalue weighted by Gasteiger charge is 2.48. The number of carbonyl (C=O) groups is 2. The fourth-order valence-corrected chi connectivity index (χ4v) is 4.72. The van der Waals surface area contributed by atoms with Gasteiger partial charge in [-0.3, -0.25) is 9.59 Å². The second-order valence-corrected chi connectivity index (χ2v) is 10.2. The number of nitrogens with one attached hydrogen (secondary N) is 1. The van der Waals surface area contributed by atoms with Gasteiger partial charge in [0, 0.05) is 35.5 Å². The van der Waals surface area contributed by atoms with Gasteiger partial charge >= 0.3 is 6.18 Å². The van der Waals surface area contributed by atoms with Crippen LogP contribution in [0.3, 0.4) is 0 Å². The lowest BCUT2D eigenvalue weighted by atomic mass is 10.1. The molecule has 1 aliphatic heterocycles. The minimum atomic E-state index is -4.64. The molecule has 5 rings (SSSR count). The summed E-state index contributed by atoms with van der Waals surface area (Å²) in [5.41, 5.74) is 5.02. The van der Waals surface area contributed by atoms with E-state index in [4.69, 9.17) is 14.9 Å². The summed E-state index contributed by atoms with van der Waals surface area (Å²) in [6.07, 6.45) is -2.26. The zero-order valence-corrected chi connectivity index (χ0v) is 21.2. The maximum Gasteiger partial charge on any atom is 0.433 e. The Hall–Kier alpha value is -3.67. The summed E-state index contributed by atoms with van der Waals surface area (Å²) in [4.78, 5) is 35.8. The van der Waals surface area contributed by atoms with Crippen molar-refractivity contribution in [3.8, 4) is 17.2 Å². The molecule has 3 N–H and O–H groups in total. The number of carbonyl (C=O) groups excluding carboxylic acids is 2. The Morgan fingerprint density at radius 2 is 1.97 bits per heavy atom. The van der Waals surface area contributed by atoms with Crippen LogP contribution >= 0.6 is 0 Å². The van der Waals surface area contributed by atoms with Crippen LogP contribution in [0.15, 0.2) is 28.7 Å². The Labute approximate surface area is 216 Å². The molecule has 2 amide bonds. The first kappa shape index (κ1) is 26.0. The quantitative estimate of drug-likeness (QED) is 0.492. The molecule has 2 atom stereocenters. The molecule has 3 aromatic rings. The van der Waals surface area contributed by atoms with Crippen molar-refractivity contribution in [3.63, 3.8) is 0 Å². The first-order valence-electron chi connectivity index (χ1n) is 12.3. The maximum atomic E-state index is 13.3. The molecule has 2 aromatic heterocycles. The summed E-state index contributed by atoms with van der Waals surface area (Å²) in [6.45, 7) is 4.56. The molecule has 202 valence electrons. The summed E-state index contributed by atoms with van der Waals surface area (Å²) in [6, 6.07) is 4.24. The summed E-state index contributed by atoms with van der Waals surface area (Å²) in [5, 5.41) is 3.23. The zero-order valence-electron chi connectivity index (χ0n) is 21.2. The third kappa shape index (κ3) is 4.68. The SMILES string of the molecule is COc1ccc(-c2nc(C(=O)N[C@H]3CCN(C(=O)C4(C)CC4)C3)c([C@H](C)N)o2)c2ccc(C(F)(F)F)nc12. The van der Waals surface area contributed by atoms with Crippen molar-refractivity contribution in [3.05, 3.63) is 41.4 Å². The van der Waals surface area contributed by atoms with Crippen molar-refractivity contribution in [2.45, 2.75) is 51.4 Å². The zero-order chi connectivity index (χ0) is 27.4. The van der Waals surface area contributed by atoms with Gasteiger partial charge in [-0.15, -0.1) is 0 Å². The second kappa shape index (κ2) is 9.26. The molecule has 38 heavy (non-hydrogen) atoms. The monoisotopic (exact) mass is 531 g/mol. The Kier molecular flexibility index (Phi) is 6.33. The molecule has 2 fully saturated rings. The summed E-state index contributed by atoms with van der Waals surface area (Å²) in [5.74, 6) is -0.0890. The molecule has 3 heterocycles. The second-order valence-electron chi connectivity index (χ2n) is 10.2. The standard InChI is InChI=1S/C26H28F3N5O4/c1-13(30)21-20(22(35)31-14-8-11-34(12-14)24(36)25(2)9-10-25)33-23(38-21)16-4-6-17(37-3)19-15(16)5-7-18(32-19)26(27,28)29/h4-7,13-14H,8-12,30H2,1-3H3,(H,31,35)/t13-,14-/m0/s1. The van der Waals surface area contributed by atoms with E-state index in [9.17, 15) is 22.8 Å². The predicted octanol–water partition coefficient (Wildman–Crippen LogP) is 4.07. The largest absolute Gasteiger partial charge is 0.494 e. The molecule has 0 radical (unpaired) electrons. The first-order chi connectivity index (χ1) is 17.9. The van der Waals surface area contributed by atoms with Crippen molar-refractivity contribution < 1.29 is 31.9 Å². The smallest absolute Gasteiger partial charge is 0.433 e. The van der Waals surface area contributed by atoms with Crippen molar-refractivity contribution in [2.24, 2.45) is 11.1 Å². The number of aromatic nitrogens is 2. The fourth-order valence-electron chi connectivity index (χ4n) is 4.72. The van der Waals surface area contributed by atoms with E-state index in [1.807, 2.05) is 6.92 Å². The van der Waals surface area contributed by atoms with E-state index in [1.54, 1.807) is 17.9 Å². The van der Waals surface area contributed by atoms with Gasteiger partial charge < -0.3 is 25.1 Å². The molecule has 2 aliphatic rings. The molecular weight excluding hydrogens is 503 g/mol. The number of likely N-dealkylation sites (tertiary alicyclic amines) is 1. The summed E-state index contributed by atoms with van der Waals surface area (Å²) < 4.78 is 51.0. The Morgan fingerprint density at radius 1 is 1.24 bits per heavy atom. The Balaban J connectivity index is 1.44. The Bertz CT molecular complexity index is 1410. The molecule has 1 aromatic carbocycles. The normalized spacial score (nSPS) is 19.4. The first-order valence-corrected chi connectivity index (χ1v) is 12.3. The van der Waals surface area contributed by atoms with E-state index in [0.717, 1.165) is 18.9 Å². The number of nitrogens with zero attached hydrogens (tertiary/aromatic N) is 3.